The van der Waals surface area contributed by atoms with Crippen LogP contribution in [0.15, 0.2) is 42.5 Å². The Morgan fingerprint density at radius 3 is 2.45 bits per heavy atom. The van der Waals surface area contributed by atoms with E-state index in [2.05, 4.69) is 15.9 Å². The summed E-state index contributed by atoms with van der Waals surface area (Å²) in [6, 6.07) is 12.1. The van der Waals surface area contributed by atoms with Gasteiger partial charge in [-0.15, -0.1) is 0 Å². The maximum Gasteiger partial charge on any atom is 0.165 e. The number of alkyl halides is 1. The van der Waals surface area contributed by atoms with Crippen LogP contribution in [-0.4, -0.2) is 6.61 Å². The lowest BCUT2D eigenvalue weighted by atomic mass is 10.2. The van der Waals surface area contributed by atoms with Gasteiger partial charge in [0.2, 0.25) is 0 Å². The van der Waals surface area contributed by atoms with Gasteiger partial charge in [-0.2, -0.15) is 0 Å². The van der Waals surface area contributed by atoms with Gasteiger partial charge in [-0.1, -0.05) is 40.2 Å². The molecule has 2 aromatic rings. The molecule has 0 aliphatic rings. The highest BCUT2D eigenvalue weighted by Crippen LogP contribution is 2.33. The van der Waals surface area contributed by atoms with Crippen molar-refractivity contribution in [1.82, 2.24) is 0 Å². The van der Waals surface area contributed by atoms with E-state index in [-0.39, 0.29) is 5.82 Å². The molecule has 0 saturated carbocycles. The minimum absolute atomic E-state index is 0.246. The van der Waals surface area contributed by atoms with Gasteiger partial charge in [-0.3, -0.25) is 0 Å². The Morgan fingerprint density at radius 2 is 1.80 bits per heavy atom. The van der Waals surface area contributed by atoms with Gasteiger partial charge in [-0.25, -0.2) is 4.39 Å². The summed E-state index contributed by atoms with van der Waals surface area (Å²) in [5.41, 5.74) is 1.94. The van der Waals surface area contributed by atoms with E-state index in [4.69, 9.17) is 9.47 Å². The van der Waals surface area contributed by atoms with Crippen LogP contribution in [0.5, 0.6) is 11.5 Å². The summed E-state index contributed by atoms with van der Waals surface area (Å²) < 4.78 is 24.3. The molecule has 0 saturated heterocycles. The predicted octanol–water partition coefficient (Wildman–Crippen LogP) is 4.70. The van der Waals surface area contributed by atoms with Crippen molar-refractivity contribution in [1.29, 1.82) is 0 Å². The fourth-order valence-corrected chi connectivity index (χ4v) is 2.28. The first-order chi connectivity index (χ1) is 9.74. The first-order valence-corrected chi connectivity index (χ1v) is 7.54. The second-order valence-corrected chi connectivity index (χ2v) is 4.79. The molecule has 0 unspecified atom stereocenters. The van der Waals surface area contributed by atoms with E-state index < -0.39 is 0 Å². The molecule has 0 atom stereocenters. The van der Waals surface area contributed by atoms with Gasteiger partial charge in [0.15, 0.2) is 11.5 Å². The van der Waals surface area contributed by atoms with Crippen molar-refractivity contribution in [3.8, 4) is 11.5 Å². The van der Waals surface area contributed by atoms with Gasteiger partial charge in [-0.05, 0) is 30.7 Å². The van der Waals surface area contributed by atoms with Gasteiger partial charge in [0.25, 0.3) is 0 Å². The second kappa shape index (κ2) is 7.29. The number of benzene rings is 2. The smallest absolute Gasteiger partial charge is 0.165 e. The summed E-state index contributed by atoms with van der Waals surface area (Å²) in [6.07, 6.45) is 0. The quantitative estimate of drug-likeness (QED) is 0.711. The van der Waals surface area contributed by atoms with Crippen LogP contribution in [0.25, 0.3) is 0 Å². The Labute approximate surface area is 126 Å². The van der Waals surface area contributed by atoms with Crippen LogP contribution in [0.1, 0.15) is 18.1 Å². The number of rotatable bonds is 6. The zero-order valence-electron chi connectivity index (χ0n) is 11.2. The van der Waals surface area contributed by atoms with Crippen molar-refractivity contribution in [2.75, 3.05) is 6.61 Å². The van der Waals surface area contributed by atoms with Gasteiger partial charge in [0, 0.05) is 10.9 Å². The minimum atomic E-state index is -0.246. The van der Waals surface area contributed by atoms with Crippen LogP contribution < -0.4 is 9.47 Å². The highest BCUT2D eigenvalue weighted by molar-refractivity contribution is 9.08. The summed E-state index contributed by atoms with van der Waals surface area (Å²) in [7, 11) is 0. The van der Waals surface area contributed by atoms with Crippen LogP contribution in [-0.2, 0) is 11.9 Å². The molecule has 2 rings (SSSR count). The van der Waals surface area contributed by atoms with E-state index in [1.54, 1.807) is 12.1 Å². The van der Waals surface area contributed by atoms with Crippen molar-refractivity contribution in [2.24, 2.45) is 0 Å². The number of ether oxygens (including phenoxy) is 2. The number of hydrogen-bond donors (Lipinski definition) is 0. The van der Waals surface area contributed by atoms with E-state index >= 15 is 0 Å². The van der Waals surface area contributed by atoms with Gasteiger partial charge in [0.05, 0.1) is 6.61 Å². The van der Waals surface area contributed by atoms with Crippen molar-refractivity contribution >= 4 is 15.9 Å². The number of hydrogen-bond acceptors (Lipinski definition) is 2. The Bertz CT molecular complexity index is 555. The molecule has 2 nitrogen and oxygen atoms in total. The number of para-hydroxylation sites is 1. The van der Waals surface area contributed by atoms with Crippen LogP contribution in [0, 0.1) is 5.82 Å². The minimum Gasteiger partial charge on any atom is -0.490 e. The average molecular weight is 339 g/mol. The fourth-order valence-electron chi connectivity index (χ4n) is 1.84. The van der Waals surface area contributed by atoms with E-state index in [1.807, 2.05) is 25.1 Å². The molecular formula is C16H16BrFO2. The molecule has 20 heavy (non-hydrogen) atoms. The lowest BCUT2D eigenvalue weighted by Crippen LogP contribution is -2.02. The molecule has 0 bridgehead atoms. The molecular weight excluding hydrogens is 323 g/mol. The van der Waals surface area contributed by atoms with E-state index in [0.717, 1.165) is 22.6 Å². The third-order valence-electron chi connectivity index (χ3n) is 2.80. The van der Waals surface area contributed by atoms with Crippen LogP contribution in [0.3, 0.4) is 0 Å². The molecule has 0 heterocycles. The molecule has 0 N–H and O–H groups in total. The topological polar surface area (TPSA) is 18.5 Å². The molecule has 0 aliphatic carbocycles. The van der Waals surface area contributed by atoms with E-state index in [9.17, 15) is 4.39 Å². The van der Waals surface area contributed by atoms with Crippen molar-refractivity contribution < 1.29 is 13.9 Å². The van der Waals surface area contributed by atoms with E-state index in [1.165, 1.54) is 12.1 Å². The molecule has 0 radical (unpaired) electrons. The van der Waals surface area contributed by atoms with Crippen LogP contribution >= 0.6 is 15.9 Å². The third-order valence-corrected chi connectivity index (χ3v) is 3.40. The zero-order chi connectivity index (χ0) is 14.4. The van der Waals surface area contributed by atoms with Crippen LogP contribution in [0.4, 0.5) is 4.39 Å². The van der Waals surface area contributed by atoms with Crippen molar-refractivity contribution in [3.63, 3.8) is 0 Å². The number of halogens is 2. The lowest BCUT2D eigenvalue weighted by molar-refractivity contribution is 0.267. The maximum absolute atomic E-state index is 12.9. The highest BCUT2D eigenvalue weighted by Gasteiger charge is 2.10. The van der Waals surface area contributed by atoms with Crippen molar-refractivity contribution in [3.05, 3.63) is 59.4 Å². The predicted molar refractivity (Wildman–Crippen MR) is 81.0 cm³/mol. The first-order valence-electron chi connectivity index (χ1n) is 6.42. The summed E-state index contributed by atoms with van der Waals surface area (Å²) in [4.78, 5) is 0. The standard InChI is InChI=1S/C16H16BrFO2/c1-2-19-15-5-3-4-13(10-17)16(15)20-11-12-6-8-14(18)9-7-12/h3-9H,2,10-11H2,1H3. The molecule has 2 aromatic carbocycles. The fraction of sp³-hybridized carbons (Fsp3) is 0.250. The van der Waals surface area contributed by atoms with E-state index in [0.29, 0.717) is 18.5 Å². The molecule has 0 fully saturated rings. The SMILES string of the molecule is CCOc1cccc(CBr)c1OCc1ccc(F)cc1. The Morgan fingerprint density at radius 1 is 1.05 bits per heavy atom. The molecule has 4 heteroatoms. The lowest BCUT2D eigenvalue weighted by Gasteiger charge is -2.15. The highest BCUT2D eigenvalue weighted by atomic mass is 79.9. The Kier molecular flexibility index (Phi) is 5.41. The Hall–Kier alpha value is -1.55. The molecule has 0 aromatic heterocycles. The summed E-state index contributed by atoms with van der Waals surface area (Å²) in [5, 5.41) is 0.687. The molecule has 0 aliphatic heterocycles. The van der Waals surface area contributed by atoms with Gasteiger partial charge in [0.1, 0.15) is 12.4 Å². The molecule has 0 amide bonds. The average Bonchev–Trinajstić information content (AvgIpc) is 2.47. The third kappa shape index (κ3) is 3.73. The van der Waals surface area contributed by atoms with Gasteiger partial charge < -0.3 is 9.47 Å². The normalized spacial score (nSPS) is 10.3. The summed E-state index contributed by atoms with van der Waals surface area (Å²) >= 11 is 3.44. The molecule has 0 spiro atoms. The van der Waals surface area contributed by atoms with Crippen LogP contribution in [0.2, 0.25) is 0 Å². The second-order valence-electron chi connectivity index (χ2n) is 4.23. The summed E-state index contributed by atoms with van der Waals surface area (Å²) in [6.45, 7) is 2.90. The van der Waals surface area contributed by atoms with Gasteiger partial charge >= 0.3 is 0 Å². The maximum atomic E-state index is 12.9. The zero-order valence-corrected chi connectivity index (χ0v) is 12.8. The first kappa shape index (κ1) is 14.9. The summed E-state index contributed by atoms with van der Waals surface area (Å²) in [5.74, 6) is 1.21. The van der Waals surface area contributed by atoms with Crippen molar-refractivity contribution in [2.45, 2.75) is 18.9 Å². The Balaban J connectivity index is 2.16. The largest absolute Gasteiger partial charge is 0.490 e. The monoisotopic (exact) mass is 338 g/mol. The molecule has 106 valence electrons.